The smallest absolute Gasteiger partial charge is 0.265 e. The van der Waals surface area contributed by atoms with Crippen LogP contribution in [0.25, 0.3) is 0 Å². The molecular weight excluding hydrogens is 395 g/mol. The van der Waals surface area contributed by atoms with Gasteiger partial charge in [0.2, 0.25) is 0 Å². The highest BCUT2D eigenvalue weighted by Gasteiger charge is 2.20. The van der Waals surface area contributed by atoms with Gasteiger partial charge in [-0.3, -0.25) is 9.59 Å². The number of hydrogen-bond acceptors (Lipinski definition) is 3. The summed E-state index contributed by atoms with van der Waals surface area (Å²) in [5.74, 6) is -1.10. The zero-order chi connectivity index (χ0) is 20.8. The molecule has 3 rings (SSSR count). The molecule has 3 aromatic rings. The first kappa shape index (κ1) is 20.4. The van der Waals surface area contributed by atoms with Crippen LogP contribution in [0.5, 0.6) is 5.75 Å². The van der Waals surface area contributed by atoms with Crippen LogP contribution in [-0.4, -0.2) is 17.9 Å². The number of nitrogens with one attached hydrogen (secondary N) is 2. The molecule has 148 valence electrons. The monoisotopic (exact) mass is 412 g/mol. The predicted octanol–water partition coefficient (Wildman–Crippen LogP) is 5.14. The lowest BCUT2D eigenvalue weighted by Gasteiger charge is -2.17. The summed E-state index contributed by atoms with van der Waals surface area (Å²) < 4.78 is 18.9. The van der Waals surface area contributed by atoms with Gasteiger partial charge in [0.15, 0.2) is 6.10 Å². The number of para-hydroxylation sites is 2. The van der Waals surface area contributed by atoms with E-state index in [4.69, 9.17) is 16.3 Å². The summed E-state index contributed by atoms with van der Waals surface area (Å²) in [7, 11) is 0. The Bertz CT molecular complexity index is 1030. The van der Waals surface area contributed by atoms with Crippen LogP contribution in [0.15, 0.2) is 72.8 Å². The van der Waals surface area contributed by atoms with Gasteiger partial charge in [0.1, 0.15) is 11.6 Å². The predicted molar refractivity (Wildman–Crippen MR) is 111 cm³/mol. The molecule has 0 spiro atoms. The third kappa shape index (κ3) is 5.33. The molecule has 2 amide bonds. The molecule has 0 aliphatic carbocycles. The van der Waals surface area contributed by atoms with Crippen LogP contribution in [0, 0.1) is 5.82 Å². The van der Waals surface area contributed by atoms with Crippen molar-refractivity contribution in [1.82, 2.24) is 0 Å². The van der Waals surface area contributed by atoms with E-state index in [0.29, 0.717) is 5.69 Å². The highest BCUT2D eigenvalue weighted by atomic mass is 35.5. The summed E-state index contributed by atoms with van der Waals surface area (Å²) in [4.78, 5) is 25.0. The van der Waals surface area contributed by atoms with Crippen LogP contribution in [-0.2, 0) is 4.79 Å². The van der Waals surface area contributed by atoms with Crippen molar-refractivity contribution in [2.75, 3.05) is 10.6 Å². The first-order chi connectivity index (χ1) is 13.9. The van der Waals surface area contributed by atoms with Gasteiger partial charge in [-0.15, -0.1) is 0 Å². The fourth-order valence-electron chi connectivity index (χ4n) is 2.55. The maximum absolute atomic E-state index is 13.1. The molecule has 7 heteroatoms. The van der Waals surface area contributed by atoms with E-state index in [9.17, 15) is 14.0 Å². The summed E-state index contributed by atoms with van der Waals surface area (Å²) in [6.45, 7) is 1.54. The minimum Gasteiger partial charge on any atom is -0.480 e. The van der Waals surface area contributed by atoms with Crippen LogP contribution < -0.4 is 15.4 Å². The van der Waals surface area contributed by atoms with Gasteiger partial charge in [-0.2, -0.15) is 0 Å². The second-order valence-corrected chi connectivity index (χ2v) is 6.60. The van der Waals surface area contributed by atoms with Gasteiger partial charge in [0.25, 0.3) is 11.8 Å². The van der Waals surface area contributed by atoms with Gasteiger partial charge in [-0.25, -0.2) is 4.39 Å². The third-order valence-corrected chi connectivity index (χ3v) is 4.34. The molecule has 3 aromatic carbocycles. The molecule has 0 aromatic heterocycles. The van der Waals surface area contributed by atoms with E-state index >= 15 is 0 Å². The van der Waals surface area contributed by atoms with Gasteiger partial charge in [-0.1, -0.05) is 41.9 Å². The van der Waals surface area contributed by atoms with Crippen molar-refractivity contribution < 1.29 is 18.7 Å². The summed E-state index contributed by atoms with van der Waals surface area (Å²) in [6, 6.07) is 19.3. The number of carbonyl (C=O) groups is 2. The molecule has 0 radical (unpaired) electrons. The van der Waals surface area contributed by atoms with Gasteiger partial charge in [-0.05, 0) is 49.4 Å². The highest BCUT2D eigenvalue weighted by molar-refractivity contribution is 6.33. The standard InChI is InChI=1S/C22H18ClFN2O3/c1-14(21(27)26-19-12-11-15(24)13-18(19)23)29-20-10-6-5-9-17(20)22(28)25-16-7-3-2-4-8-16/h2-14H,1H3,(H,25,28)(H,26,27)/t14-/m0/s1. The Hall–Kier alpha value is -3.38. The van der Waals surface area contributed by atoms with Gasteiger partial charge >= 0.3 is 0 Å². The first-order valence-corrected chi connectivity index (χ1v) is 9.20. The molecule has 0 saturated carbocycles. The zero-order valence-electron chi connectivity index (χ0n) is 15.5. The van der Waals surface area contributed by atoms with Crippen LogP contribution in [0.4, 0.5) is 15.8 Å². The Balaban J connectivity index is 1.71. The lowest BCUT2D eigenvalue weighted by Crippen LogP contribution is -2.31. The number of rotatable bonds is 6. The number of halogens is 2. The fourth-order valence-corrected chi connectivity index (χ4v) is 2.76. The number of benzene rings is 3. The van der Waals surface area contributed by atoms with Crippen LogP contribution in [0.2, 0.25) is 5.02 Å². The van der Waals surface area contributed by atoms with Crippen molar-refractivity contribution in [3.63, 3.8) is 0 Å². The quantitative estimate of drug-likeness (QED) is 0.589. The number of ether oxygens (including phenoxy) is 1. The third-order valence-electron chi connectivity index (χ3n) is 4.03. The Morgan fingerprint density at radius 3 is 2.38 bits per heavy atom. The maximum atomic E-state index is 13.1. The van der Waals surface area contributed by atoms with E-state index in [0.717, 1.165) is 6.07 Å². The number of amides is 2. The maximum Gasteiger partial charge on any atom is 0.265 e. The summed E-state index contributed by atoms with van der Waals surface area (Å²) in [5.41, 5.74) is 1.20. The molecule has 5 nitrogen and oxygen atoms in total. The SMILES string of the molecule is C[C@H](Oc1ccccc1C(=O)Nc1ccccc1)C(=O)Nc1ccc(F)cc1Cl. The van der Waals surface area contributed by atoms with Crippen LogP contribution in [0.1, 0.15) is 17.3 Å². The van der Waals surface area contributed by atoms with E-state index in [1.54, 1.807) is 43.3 Å². The van der Waals surface area contributed by atoms with Gasteiger partial charge in [0.05, 0.1) is 16.3 Å². The van der Waals surface area contributed by atoms with Crippen molar-refractivity contribution in [1.29, 1.82) is 0 Å². The van der Waals surface area contributed by atoms with E-state index in [-0.39, 0.29) is 27.9 Å². The molecule has 0 heterocycles. The second kappa shape index (κ2) is 9.21. The Morgan fingerprint density at radius 1 is 0.966 bits per heavy atom. The highest BCUT2D eigenvalue weighted by Crippen LogP contribution is 2.24. The molecule has 29 heavy (non-hydrogen) atoms. The number of carbonyl (C=O) groups excluding carboxylic acids is 2. The summed E-state index contributed by atoms with van der Waals surface area (Å²) in [6.07, 6.45) is -0.929. The molecule has 0 bridgehead atoms. The Kier molecular flexibility index (Phi) is 6.46. The van der Waals surface area contributed by atoms with Crippen LogP contribution >= 0.6 is 11.6 Å². The molecule has 2 N–H and O–H groups in total. The summed E-state index contributed by atoms with van der Waals surface area (Å²) in [5, 5.41) is 5.44. The molecule has 0 aliphatic heterocycles. The van der Waals surface area contributed by atoms with Crippen molar-refractivity contribution in [3.05, 3.63) is 89.2 Å². The average molecular weight is 413 g/mol. The van der Waals surface area contributed by atoms with Crippen molar-refractivity contribution in [3.8, 4) is 5.75 Å². The first-order valence-electron chi connectivity index (χ1n) is 8.82. The molecule has 0 saturated heterocycles. The van der Waals surface area contributed by atoms with Gasteiger partial charge in [0, 0.05) is 5.69 Å². The Labute approximate surface area is 172 Å². The minimum atomic E-state index is -0.929. The molecular formula is C22H18ClFN2O3. The Morgan fingerprint density at radius 2 is 1.66 bits per heavy atom. The number of hydrogen-bond donors (Lipinski definition) is 2. The fraction of sp³-hybridized carbons (Fsp3) is 0.0909. The molecule has 0 fully saturated rings. The van der Waals surface area contributed by atoms with Crippen molar-refractivity contribution >= 4 is 34.8 Å². The van der Waals surface area contributed by atoms with Crippen molar-refractivity contribution in [2.45, 2.75) is 13.0 Å². The minimum absolute atomic E-state index is 0.0770. The second-order valence-electron chi connectivity index (χ2n) is 6.19. The zero-order valence-corrected chi connectivity index (χ0v) is 16.2. The van der Waals surface area contributed by atoms with E-state index in [1.807, 2.05) is 18.2 Å². The number of anilines is 2. The lowest BCUT2D eigenvalue weighted by atomic mass is 10.1. The topological polar surface area (TPSA) is 67.4 Å². The van der Waals surface area contributed by atoms with Crippen molar-refractivity contribution in [2.24, 2.45) is 0 Å². The van der Waals surface area contributed by atoms with E-state index in [1.165, 1.54) is 12.1 Å². The van der Waals surface area contributed by atoms with Gasteiger partial charge < -0.3 is 15.4 Å². The molecule has 1 atom stereocenters. The lowest BCUT2D eigenvalue weighted by molar-refractivity contribution is -0.122. The summed E-state index contributed by atoms with van der Waals surface area (Å²) >= 11 is 5.93. The normalized spacial score (nSPS) is 11.4. The van der Waals surface area contributed by atoms with E-state index < -0.39 is 17.8 Å². The largest absolute Gasteiger partial charge is 0.480 e. The van der Waals surface area contributed by atoms with E-state index in [2.05, 4.69) is 10.6 Å². The molecule has 0 aliphatic rings. The average Bonchev–Trinajstić information content (AvgIpc) is 2.71. The molecule has 0 unspecified atom stereocenters. The van der Waals surface area contributed by atoms with Crippen LogP contribution in [0.3, 0.4) is 0 Å².